The van der Waals surface area contributed by atoms with Gasteiger partial charge in [0.05, 0.1) is 11.5 Å². The standard InChI is InChI=1S/C11H10N4O2/c12-4-7-1-2-9(14-5-7)15-6-8(11(13)17)3-10(15)16/h1-2,5,8H,3,6H2,(H2,13,17). The van der Waals surface area contributed by atoms with Crippen molar-refractivity contribution in [1.29, 1.82) is 5.26 Å². The Kier molecular flexibility index (Phi) is 2.75. The molecule has 1 aliphatic heterocycles. The van der Waals surface area contributed by atoms with E-state index in [0.717, 1.165) is 0 Å². The van der Waals surface area contributed by atoms with E-state index in [1.165, 1.54) is 11.1 Å². The molecule has 0 saturated carbocycles. The molecular formula is C11H10N4O2. The average molecular weight is 230 g/mol. The third-order valence-corrected chi connectivity index (χ3v) is 2.68. The number of hydrogen-bond acceptors (Lipinski definition) is 4. The molecule has 1 fully saturated rings. The molecule has 2 amide bonds. The van der Waals surface area contributed by atoms with E-state index in [1.54, 1.807) is 12.1 Å². The summed E-state index contributed by atoms with van der Waals surface area (Å²) in [6.45, 7) is 0.257. The van der Waals surface area contributed by atoms with Crippen LogP contribution >= 0.6 is 0 Å². The minimum Gasteiger partial charge on any atom is -0.369 e. The first-order valence-corrected chi connectivity index (χ1v) is 5.07. The van der Waals surface area contributed by atoms with Crippen molar-refractivity contribution < 1.29 is 9.59 Å². The highest BCUT2D eigenvalue weighted by molar-refractivity contribution is 5.99. The number of rotatable bonds is 2. The van der Waals surface area contributed by atoms with Gasteiger partial charge in [-0.25, -0.2) is 4.98 Å². The Morgan fingerprint density at radius 3 is 2.82 bits per heavy atom. The van der Waals surface area contributed by atoms with Crippen LogP contribution in [-0.4, -0.2) is 23.3 Å². The second-order valence-corrected chi connectivity index (χ2v) is 3.82. The Labute approximate surface area is 97.7 Å². The fraction of sp³-hybridized carbons (Fsp3) is 0.273. The topological polar surface area (TPSA) is 100 Å². The van der Waals surface area contributed by atoms with Crippen molar-refractivity contribution >= 4 is 17.6 Å². The van der Waals surface area contributed by atoms with Crippen LogP contribution in [-0.2, 0) is 9.59 Å². The van der Waals surface area contributed by atoms with E-state index in [1.807, 2.05) is 6.07 Å². The van der Waals surface area contributed by atoms with Crippen LogP contribution in [0.3, 0.4) is 0 Å². The summed E-state index contributed by atoms with van der Waals surface area (Å²) in [6.07, 6.45) is 1.51. The van der Waals surface area contributed by atoms with Crippen LogP contribution in [0.1, 0.15) is 12.0 Å². The maximum atomic E-state index is 11.7. The highest BCUT2D eigenvalue weighted by Crippen LogP contribution is 2.23. The summed E-state index contributed by atoms with van der Waals surface area (Å²) in [5, 5.41) is 8.63. The van der Waals surface area contributed by atoms with E-state index in [2.05, 4.69) is 4.98 Å². The normalized spacial score (nSPS) is 19.1. The Balaban J connectivity index is 2.20. The lowest BCUT2D eigenvalue weighted by Crippen LogP contribution is -2.28. The lowest BCUT2D eigenvalue weighted by atomic mass is 10.1. The van der Waals surface area contributed by atoms with Crippen molar-refractivity contribution in [1.82, 2.24) is 4.98 Å². The minimum absolute atomic E-state index is 0.122. The fourth-order valence-electron chi connectivity index (χ4n) is 1.73. The summed E-state index contributed by atoms with van der Waals surface area (Å²) >= 11 is 0. The van der Waals surface area contributed by atoms with Gasteiger partial charge in [0, 0.05) is 19.2 Å². The first-order chi connectivity index (χ1) is 8.11. The molecular weight excluding hydrogens is 220 g/mol. The molecule has 0 bridgehead atoms. The largest absolute Gasteiger partial charge is 0.369 e. The van der Waals surface area contributed by atoms with Gasteiger partial charge < -0.3 is 5.73 Å². The first-order valence-electron chi connectivity index (χ1n) is 5.07. The van der Waals surface area contributed by atoms with Gasteiger partial charge in [-0.2, -0.15) is 5.26 Å². The average Bonchev–Trinajstić information content (AvgIpc) is 2.72. The predicted octanol–water partition coefficient (Wildman–Crippen LogP) is -0.209. The number of nitriles is 1. The molecule has 1 saturated heterocycles. The lowest BCUT2D eigenvalue weighted by molar-refractivity contribution is -0.123. The number of carbonyl (C=O) groups excluding carboxylic acids is 2. The number of primary amides is 1. The van der Waals surface area contributed by atoms with Gasteiger partial charge in [0.25, 0.3) is 0 Å². The maximum absolute atomic E-state index is 11.7. The van der Waals surface area contributed by atoms with Crippen LogP contribution in [0.2, 0.25) is 0 Å². The number of aromatic nitrogens is 1. The molecule has 6 heteroatoms. The molecule has 0 spiro atoms. The van der Waals surface area contributed by atoms with Crippen molar-refractivity contribution in [3.05, 3.63) is 23.9 Å². The van der Waals surface area contributed by atoms with Gasteiger partial charge in [-0.15, -0.1) is 0 Å². The number of pyridine rings is 1. The number of hydrogen-bond donors (Lipinski definition) is 1. The van der Waals surface area contributed by atoms with Gasteiger partial charge in [0.15, 0.2) is 0 Å². The van der Waals surface area contributed by atoms with Crippen molar-refractivity contribution in [3.8, 4) is 6.07 Å². The molecule has 2 N–H and O–H groups in total. The van der Waals surface area contributed by atoms with Gasteiger partial charge >= 0.3 is 0 Å². The van der Waals surface area contributed by atoms with Crippen LogP contribution < -0.4 is 10.6 Å². The minimum atomic E-state index is -0.477. The third-order valence-electron chi connectivity index (χ3n) is 2.68. The van der Waals surface area contributed by atoms with Gasteiger partial charge in [0.2, 0.25) is 11.8 Å². The number of carbonyl (C=O) groups is 2. The van der Waals surface area contributed by atoms with Gasteiger partial charge in [-0.3, -0.25) is 14.5 Å². The smallest absolute Gasteiger partial charge is 0.229 e. The number of anilines is 1. The van der Waals surface area contributed by atoms with E-state index < -0.39 is 11.8 Å². The summed E-state index contributed by atoms with van der Waals surface area (Å²) < 4.78 is 0. The summed E-state index contributed by atoms with van der Waals surface area (Å²) in [5.41, 5.74) is 5.59. The van der Waals surface area contributed by atoms with Crippen LogP contribution in [0.4, 0.5) is 5.82 Å². The zero-order valence-corrected chi connectivity index (χ0v) is 8.96. The van der Waals surface area contributed by atoms with Crippen LogP contribution in [0, 0.1) is 17.2 Å². The SMILES string of the molecule is N#Cc1ccc(N2CC(C(N)=O)CC2=O)nc1. The predicted molar refractivity (Wildman–Crippen MR) is 58.6 cm³/mol. The Morgan fingerprint density at radius 2 is 2.35 bits per heavy atom. The first kappa shape index (κ1) is 11.1. The molecule has 6 nitrogen and oxygen atoms in total. The molecule has 17 heavy (non-hydrogen) atoms. The van der Waals surface area contributed by atoms with E-state index >= 15 is 0 Å². The summed E-state index contributed by atoms with van der Waals surface area (Å²) in [4.78, 5) is 28.1. The number of nitrogens with two attached hydrogens (primary N) is 1. The lowest BCUT2D eigenvalue weighted by Gasteiger charge is -2.14. The van der Waals surface area contributed by atoms with E-state index in [9.17, 15) is 9.59 Å². The van der Waals surface area contributed by atoms with Crippen LogP contribution in [0.5, 0.6) is 0 Å². The van der Waals surface area contributed by atoms with Crippen molar-refractivity contribution in [3.63, 3.8) is 0 Å². The van der Waals surface area contributed by atoms with Crippen molar-refractivity contribution in [2.24, 2.45) is 11.7 Å². The molecule has 0 aliphatic carbocycles. The molecule has 2 rings (SSSR count). The Morgan fingerprint density at radius 1 is 1.59 bits per heavy atom. The summed E-state index contributed by atoms with van der Waals surface area (Å²) in [5.74, 6) is -0.668. The molecule has 1 unspecified atom stereocenters. The quantitative estimate of drug-likeness (QED) is 0.759. The zero-order valence-electron chi connectivity index (χ0n) is 8.96. The van der Waals surface area contributed by atoms with Crippen molar-refractivity contribution in [2.75, 3.05) is 11.4 Å². The fourth-order valence-corrected chi connectivity index (χ4v) is 1.73. The molecule has 1 aromatic rings. The molecule has 1 atom stereocenters. The van der Waals surface area contributed by atoms with E-state index in [4.69, 9.17) is 11.0 Å². The molecule has 1 aliphatic rings. The second kappa shape index (κ2) is 4.22. The van der Waals surface area contributed by atoms with Crippen LogP contribution in [0.15, 0.2) is 18.3 Å². The molecule has 0 radical (unpaired) electrons. The molecule has 2 heterocycles. The van der Waals surface area contributed by atoms with Crippen LogP contribution in [0.25, 0.3) is 0 Å². The Bertz CT molecular complexity index is 503. The highest BCUT2D eigenvalue weighted by atomic mass is 16.2. The molecule has 0 aromatic carbocycles. The highest BCUT2D eigenvalue weighted by Gasteiger charge is 2.34. The van der Waals surface area contributed by atoms with E-state index in [0.29, 0.717) is 11.4 Å². The number of nitrogens with zero attached hydrogens (tertiary/aromatic N) is 3. The summed E-state index contributed by atoms with van der Waals surface area (Å²) in [7, 11) is 0. The van der Waals surface area contributed by atoms with Gasteiger partial charge in [-0.05, 0) is 12.1 Å². The monoisotopic (exact) mass is 230 g/mol. The molecule has 86 valence electrons. The van der Waals surface area contributed by atoms with Gasteiger partial charge in [0.1, 0.15) is 11.9 Å². The third kappa shape index (κ3) is 2.08. The molecule has 1 aromatic heterocycles. The van der Waals surface area contributed by atoms with E-state index in [-0.39, 0.29) is 18.9 Å². The Hall–Kier alpha value is -2.42. The zero-order chi connectivity index (χ0) is 12.4. The summed E-state index contributed by atoms with van der Waals surface area (Å²) in [6, 6.07) is 5.10. The second-order valence-electron chi connectivity index (χ2n) is 3.82. The number of amides is 2. The maximum Gasteiger partial charge on any atom is 0.229 e. The van der Waals surface area contributed by atoms with Crippen molar-refractivity contribution in [2.45, 2.75) is 6.42 Å². The van der Waals surface area contributed by atoms with Gasteiger partial charge in [-0.1, -0.05) is 0 Å².